The lowest BCUT2D eigenvalue weighted by atomic mass is 10.2. The van der Waals surface area contributed by atoms with Crippen LogP contribution < -0.4 is 9.80 Å². The van der Waals surface area contributed by atoms with Gasteiger partial charge in [-0.2, -0.15) is 10.4 Å². The van der Waals surface area contributed by atoms with Gasteiger partial charge in [-0.3, -0.25) is 4.68 Å². The molecule has 0 aromatic carbocycles. The van der Waals surface area contributed by atoms with E-state index in [2.05, 4.69) is 44.8 Å². The van der Waals surface area contributed by atoms with E-state index in [4.69, 9.17) is 10.2 Å². The summed E-state index contributed by atoms with van der Waals surface area (Å²) >= 11 is 0. The van der Waals surface area contributed by atoms with Gasteiger partial charge in [-0.05, 0) is 12.1 Å². The van der Waals surface area contributed by atoms with Gasteiger partial charge in [-0.1, -0.05) is 13.8 Å². The first-order valence-corrected chi connectivity index (χ1v) is 9.12. The summed E-state index contributed by atoms with van der Waals surface area (Å²) in [4.78, 5) is 18.5. The molecule has 1 aliphatic heterocycles. The number of pyridine rings is 1. The Labute approximate surface area is 158 Å². The third kappa shape index (κ3) is 3.16. The molecule has 8 heteroatoms. The Bertz CT molecular complexity index is 991. The molecule has 0 aliphatic carbocycles. The molecule has 138 valence electrons. The number of aryl methyl sites for hydroxylation is 1. The maximum Gasteiger partial charge on any atom is 0.163 e. The van der Waals surface area contributed by atoms with Crippen molar-refractivity contribution in [3.05, 3.63) is 35.9 Å². The van der Waals surface area contributed by atoms with Crippen LogP contribution in [0.15, 0.2) is 24.5 Å². The molecule has 0 radical (unpaired) electrons. The molecule has 0 saturated carbocycles. The second kappa shape index (κ2) is 6.83. The largest absolute Gasteiger partial charge is 0.353 e. The molecule has 3 aromatic rings. The highest BCUT2D eigenvalue weighted by atomic mass is 15.3. The van der Waals surface area contributed by atoms with Crippen LogP contribution in [0, 0.1) is 11.3 Å². The Morgan fingerprint density at radius 3 is 2.41 bits per heavy atom. The quantitative estimate of drug-likeness (QED) is 0.705. The number of nitriles is 1. The maximum atomic E-state index is 8.92. The van der Waals surface area contributed by atoms with Crippen molar-refractivity contribution in [2.75, 3.05) is 36.0 Å². The van der Waals surface area contributed by atoms with E-state index in [0.717, 1.165) is 54.7 Å². The molecular formula is C19H22N8. The molecule has 3 aromatic heterocycles. The lowest BCUT2D eigenvalue weighted by molar-refractivity contribution is 0.639. The zero-order valence-electron chi connectivity index (χ0n) is 15.8. The first kappa shape index (κ1) is 17.2. The van der Waals surface area contributed by atoms with Crippen molar-refractivity contribution in [3.63, 3.8) is 0 Å². The van der Waals surface area contributed by atoms with Crippen LogP contribution in [0.5, 0.6) is 0 Å². The van der Waals surface area contributed by atoms with Gasteiger partial charge in [-0.25, -0.2) is 15.0 Å². The summed E-state index contributed by atoms with van der Waals surface area (Å²) in [5.41, 5.74) is 1.46. The molecule has 0 unspecified atom stereocenters. The molecule has 1 saturated heterocycles. The van der Waals surface area contributed by atoms with E-state index in [1.807, 2.05) is 30.1 Å². The van der Waals surface area contributed by atoms with E-state index in [0.29, 0.717) is 5.56 Å². The van der Waals surface area contributed by atoms with Crippen LogP contribution in [0.25, 0.3) is 11.0 Å². The second-order valence-corrected chi connectivity index (χ2v) is 7.06. The smallest absolute Gasteiger partial charge is 0.163 e. The monoisotopic (exact) mass is 362 g/mol. The van der Waals surface area contributed by atoms with E-state index >= 15 is 0 Å². The van der Waals surface area contributed by atoms with Crippen molar-refractivity contribution in [2.24, 2.45) is 7.05 Å². The lowest BCUT2D eigenvalue weighted by Gasteiger charge is -2.36. The standard InChI is InChI=1S/C19H22N8/c1-13(2)17-23-18-15(12-22-25(18)3)19(24-17)27-8-6-26(7-9-27)16-5-4-14(10-20)11-21-16/h4-5,11-13H,6-9H2,1-3H3. The van der Waals surface area contributed by atoms with Crippen LogP contribution in [-0.4, -0.2) is 50.9 Å². The van der Waals surface area contributed by atoms with Gasteiger partial charge >= 0.3 is 0 Å². The van der Waals surface area contributed by atoms with Crippen molar-refractivity contribution >= 4 is 22.7 Å². The van der Waals surface area contributed by atoms with Gasteiger partial charge in [0.25, 0.3) is 0 Å². The second-order valence-electron chi connectivity index (χ2n) is 7.06. The van der Waals surface area contributed by atoms with Crippen LogP contribution in [-0.2, 0) is 7.05 Å². The first-order valence-electron chi connectivity index (χ1n) is 9.12. The Hall–Kier alpha value is -3.21. The number of rotatable bonds is 3. The third-order valence-corrected chi connectivity index (χ3v) is 4.89. The summed E-state index contributed by atoms with van der Waals surface area (Å²) in [7, 11) is 1.91. The predicted molar refractivity (Wildman–Crippen MR) is 104 cm³/mol. The number of hydrogen-bond donors (Lipinski definition) is 0. The van der Waals surface area contributed by atoms with Crippen LogP contribution >= 0.6 is 0 Å². The number of nitrogens with zero attached hydrogens (tertiary/aromatic N) is 8. The van der Waals surface area contributed by atoms with Gasteiger partial charge < -0.3 is 9.80 Å². The number of anilines is 2. The molecule has 0 N–H and O–H groups in total. The van der Waals surface area contributed by atoms with E-state index < -0.39 is 0 Å². The fourth-order valence-corrected chi connectivity index (χ4v) is 3.31. The molecule has 0 bridgehead atoms. The molecule has 8 nitrogen and oxygen atoms in total. The average molecular weight is 362 g/mol. The van der Waals surface area contributed by atoms with Crippen LogP contribution in [0.3, 0.4) is 0 Å². The van der Waals surface area contributed by atoms with Crippen molar-refractivity contribution in [1.29, 1.82) is 5.26 Å². The van der Waals surface area contributed by atoms with E-state index in [-0.39, 0.29) is 5.92 Å². The zero-order valence-corrected chi connectivity index (χ0v) is 15.8. The Balaban J connectivity index is 1.58. The normalized spacial score (nSPS) is 14.8. The summed E-state index contributed by atoms with van der Waals surface area (Å²) in [6.07, 6.45) is 3.48. The Morgan fingerprint density at radius 2 is 1.78 bits per heavy atom. The van der Waals surface area contributed by atoms with Gasteiger partial charge in [0.15, 0.2) is 5.65 Å². The molecule has 1 aliphatic rings. The molecule has 0 atom stereocenters. The summed E-state index contributed by atoms with van der Waals surface area (Å²) in [6.45, 7) is 7.61. The summed E-state index contributed by atoms with van der Waals surface area (Å²) in [5.74, 6) is 2.97. The van der Waals surface area contributed by atoms with Crippen LogP contribution in [0.1, 0.15) is 31.2 Å². The number of fused-ring (bicyclic) bond motifs is 1. The first-order chi connectivity index (χ1) is 13.1. The van der Waals surface area contributed by atoms with Crippen molar-refractivity contribution in [2.45, 2.75) is 19.8 Å². The molecule has 27 heavy (non-hydrogen) atoms. The fraction of sp³-hybridized carbons (Fsp3) is 0.421. The maximum absolute atomic E-state index is 8.92. The van der Waals surface area contributed by atoms with E-state index in [9.17, 15) is 0 Å². The van der Waals surface area contributed by atoms with E-state index in [1.54, 1.807) is 6.20 Å². The zero-order chi connectivity index (χ0) is 19.0. The van der Waals surface area contributed by atoms with Crippen LogP contribution in [0.2, 0.25) is 0 Å². The molecule has 1 fully saturated rings. The summed E-state index contributed by atoms with van der Waals surface area (Å²) in [5, 5.41) is 14.3. The minimum atomic E-state index is 0.257. The van der Waals surface area contributed by atoms with Gasteiger partial charge in [0, 0.05) is 45.3 Å². The number of aromatic nitrogens is 5. The van der Waals surface area contributed by atoms with Crippen LogP contribution in [0.4, 0.5) is 11.6 Å². The average Bonchev–Trinajstić information content (AvgIpc) is 3.08. The number of hydrogen-bond acceptors (Lipinski definition) is 7. The summed E-state index contributed by atoms with van der Waals surface area (Å²) in [6, 6.07) is 5.83. The molecule has 4 rings (SSSR count). The SMILES string of the molecule is CC(C)c1nc(N2CCN(c3ccc(C#N)cn3)CC2)c2cnn(C)c2n1. The Kier molecular flexibility index (Phi) is 4.36. The molecule has 4 heterocycles. The lowest BCUT2D eigenvalue weighted by Crippen LogP contribution is -2.47. The number of piperazine rings is 1. The Morgan fingerprint density at radius 1 is 1.04 bits per heavy atom. The van der Waals surface area contributed by atoms with Gasteiger partial charge in [0.05, 0.1) is 17.1 Å². The molecule has 0 spiro atoms. The van der Waals surface area contributed by atoms with Crippen molar-refractivity contribution in [3.8, 4) is 6.07 Å². The van der Waals surface area contributed by atoms with Gasteiger partial charge in [0.1, 0.15) is 23.5 Å². The minimum absolute atomic E-state index is 0.257. The fourth-order valence-electron chi connectivity index (χ4n) is 3.31. The van der Waals surface area contributed by atoms with E-state index in [1.165, 1.54) is 0 Å². The summed E-state index contributed by atoms with van der Waals surface area (Å²) < 4.78 is 1.81. The van der Waals surface area contributed by atoms with Gasteiger partial charge in [-0.15, -0.1) is 0 Å². The third-order valence-electron chi connectivity index (χ3n) is 4.89. The molecular weight excluding hydrogens is 340 g/mol. The predicted octanol–water partition coefficient (Wildman–Crippen LogP) is 2.08. The highest BCUT2D eigenvalue weighted by Gasteiger charge is 2.23. The van der Waals surface area contributed by atoms with Crippen molar-refractivity contribution < 1.29 is 0 Å². The minimum Gasteiger partial charge on any atom is -0.353 e. The molecule has 0 amide bonds. The highest BCUT2D eigenvalue weighted by molar-refractivity contribution is 5.87. The van der Waals surface area contributed by atoms with Gasteiger partial charge in [0.2, 0.25) is 0 Å². The topological polar surface area (TPSA) is 86.8 Å². The van der Waals surface area contributed by atoms with Crippen molar-refractivity contribution in [1.82, 2.24) is 24.7 Å². The highest BCUT2D eigenvalue weighted by Crippen LogP contribution is 2.27.